The number of ether oxygens (including phenoxy) is 2. The van der Waals surface area contributed by atoms with Crippen LogP contribution < -0.4 is 4.90 Å². The van der Waals surface area contributed by atoms with Crippen LogP contribution in [0.5, 0.6) is 0 Å². The normalized spacial score (nSPS) is 39.8. The number of rotatable bonds is 5. The minimum atomic E-state index is -0.209. The number of aliphatic hydroxyl groups excluding tert-OH is 1. The average Bonchev–Trinajstić information content (AvgIpc) is 2.78. The Kier molecular flexibility index (Phi) is 4.32. The van der Waals surface area contributed by atoms with Gasteiger partial charge in [-0.15, -0.1) is 0 Å². The first-order chi connectivity index (χ1) is 8.48. The van der Waals surface area contributed by atoms with Crippen LogP contribution in [0.15, 0.2) is 0 Å². The quantitative estimate of drug-likeness (QED) is 0.750. The van der Waals surface area contributed by atoms with Crippen molar-refractivity contribution in [3.8, 4) is 0 Å². The maximum absolute atomic E-state index is 9.75. The summed E-state index contributed by atoms with van der Waals surface area (Å²) in [5.41, 5.74) is -0.209. The van der Waals surface area contributed by atoms with E-state index >= 15 is 0 Å². The number of aliphatic hydroxyl groups is 1. The summed E-state index contributed by atoms with van der Waals surface area (Å²) in [7, 11) is 0. The number of hydrogen-bond donors (Lipinski definition) is 2. The van der Waals surface area contributed by atoms with Gasteiger partial charge in [-0.3, -0.25) is 4.90 Å². The molecule has 0 radical (unpaired) electrons. The lowest BCUT2D eigenvalue weighted by molar-refractivity contribution is -0.990. The minimum Gasteiger partial charge on any atom is -0.390 e. The van der Waals surface area contributed by atoms with Crippen LogP contribution in [0.1, 0.15) is 40.5 Å². The summed E-state index contributed by atoms with van der Waals surface area (Å²) in [6, 6.07) is 0. The van der Waals surface area contributed by atoms with Crippen molar-refractivity contribution in [3.63, 3.8) is 0 Å². The van der Waals surface area contributed by atoms with Gasteiger partial charge < -0.3 is 14.6 Å². The number of nitrogens with one attached hydrogen (secondary N) is 1. The smallest absolute Gasteiger partial charge is 0.194 e. The SMILES string of the molecule is CC(C)C[C@H]1OCC2(CO)CO[C@H](CC(C)C)[NH+]12. The topological polar surface area (TPSA) is 43.1 Å². The van der Waals surface area contributed by atoms with Gasteiger partial charge in [0.2, 0.25) is 0 Å². The molecule has 0 aromatic rings. The lowest BCUT2D eigenvalue weighted by Gasteiger charge is -2.30. The second-order valence-corrected chi connectivity index (χ2v) is 6.75. The van der Waals surface area contributed by atoms with E-state index in [9.17, 15) is 5.11 Å². The van der Waals surface area contributed by atoms with Gasteiger partial charge in [0, 0.05) is 12.8 Å². The molecule has 2 aliphatic heterocycles. The fourth-order valence-corrected chi connectivity index (χ4v) is 3.23. The van der Waals surface area contributed by atoms with Crippen molar-refractivity contribution in [1.82, 2.24) is 0 Å². The summed E-state index contributed by atoms with van der Waals surface area (Å²) in [4.78, 5) is 1.34. The molecule has 0 saturated carbocycles. The van der Waals surface area contributed by atoms with Crippen molar-refractivity contribution < 1.29 is 19.5 Å². The highest BCUT2D eigenvalue weighted by atomic mass is 16.6. The van der Waals surface area contributed by atoms with Crippen LogP contribution in [-0.4, -0.2) is 42.9 Å². The van der Waals surface area contributed by atoms with Gasteiger partial charge in [0.15, 0.2) is 18.0 Å². The Labute approximate surface area is 110 Å². The minimum absolute atomic E-state index is 0.158. The standard InChI is InChI=1S/C14H27NO3/c1-10(2)5-12-15-13(6-11(3)4)18-9-14(15,7-16)8-17-12/h10-13,16H,5-9H2,1-4H3/p+1/t12-,13-/m1/s1. The molecule has 4 heteroatoms. The van der Waals surface area contributed by atoms with E-state index in [-0.39, 0.29) is 24.6 Å². The van der Waals surface area contributed by atoms with Crippen molar-refractivity contribution in [2.24, 2.45) is 11.8 Å². The van der Waals surface area contributed by atoms with E-state index in [1.165, 1.54) is 4.90 Å². The van der Waals surface area contributed by atoms with Gasteiger partial charge in [0.05, 0.1) is 0 Å². The van der Waals surface area contributed by atoms with E-state index in [1.807, 2.05) is 0 Å². The van der Waals surface area contributed by atoms with Gasteiger partial charge in [0.25, 0.3) is 0 Å². The van der Waals surface area contributed by atoms with E-state index < -0.39 is 0 Å². The molecule has 2 aliphatic rings. The van der Waals surface area contributed by atoms with Crippen LogP contribution in [0.2, 0.25) is 0 Å². The summed E-state index contributed by atoms with van der Waals surface area (Å²) in [6.07, 6.45) is 2.44. The Bertz CT molecular complexity index is 258. The number of hydrogen-bond acceptors (Lipinski definition) is 3. The maximum Gasteiger partial charge on any atom is 0.194 e. The largest absolute Gasteiger partial charge is 0.390 e. The Morgan fingerprint density at radius 2 is 1.50 bits per heavy atom. The van der Waals surface area contributed by atoms with Crippen LogP contribution in [-0.2, 0) is 9.47 Å². The second-order valence-electron chi connectivity index (χ2n) is 6.75. The van der Waals surface area contributed by atoms with E-state index in [1.54, 1.807) is 0 Å². The predicted molar refractivity (Wildman–Crippen MR) is 69.2 cm³/mol. The summed E-state index contributed by atoms with van der Waals surface area (Å²) in [5.74, 6) is 1.22. The molecular formula is C14H28NO3+. The number of fused-ring (bicyclic) bond motifs is 1. The van der Waals surface area contributed by atoms with E-state index in [2.05, 4.69) is 27.7 Å². The Balaban J connectivity index is 2.12. The first kappa shape index (κ1) is 14.3. The van der Waals surface area contributed by atoms with Gasteiger partial charge >= 0.3 is 0 Å². The lowest BCUT2D eigenvalue weighted by Crippen LogP contribution is -3.23. The highest BCUT2D eigenvalue weighted by Crippen LogP contribution is 2.23. The molecule has 2 N–H and O–H groups in total. The molecule has 0 spiro atoms. The third-order valence-corrected chi connectivity index (χ3v) is 4.10. The van der Waals surface area contributed by atoms with E-state index in [0.29, 0.717) is 25.0 Å². The Hall–Kier alpha value is -0.160. The van der Waals surface area contributed by atoms with Crippen LogP contribution in [0.25, 0.3) is 0 Å². The van der Waals surface area contributed by atoms with Crippen LogP contribution >= 0.6 is 0 Å². The average molecular weight is 258 g/mol. The summed E-state index contributed by atoms with van der Waals surface area (Å²) < 4.78 is 11.9. The molecule has 0 unspecified atom stereocenters. The van der Waals surface area contributed by atoms with Gasteiger partial charge in [-0.25, -0.2) is 0 Å². The van der Waals surface area contributed by atoms with Crippen LogP contribution in [0.4, 0.5) is 0 Å². The van der Waals surface area contributed by atoms with Crippen molar-refractivity contribution >= 4 is 0 Å². The Morgan fingerprint density at radius 3 is 1.83 bits per heavy atom. The molecule has 4 nitrogen and oxygen atoms in total. The van der Waals surface area contributed by atoms with Gasteiger partial charge in [-0.2, -0.15) is 0 Å². The van der Waals surface area contributed by atoms with Gasteiger partial charge in [-0.05, 0) is 11.8 Å². The molecule has 2 heterocycles. The van der Waals surface area contributed by atoms with Crippen LogP contribution in [0, 0.1) is 11.8 Å². The number of quaternary nitrogens is 1. The van der Waals surface area contributed by atoms with Crippen molar-refractivity contribution in [3.05, 3.63) is 0 Å². The summed E-state index contributed by atoms with van der Waals surface area (Å²) >= 11 is 0. The molecule has 18 heavy (non-hydrogen) atoms. The third-order valence-electron chi connectivity index (χ3n) is 4.10. The van der Waals surface area contributed by atoms with Crippen LogP contribution in [0.3, 0.4) is 0 Å². The zero-order valence-electron chi connectivity index (χ0n) is 12.1. The molecule has 2 saturated heterocycles. The molecule has 0 aromatic carbocycles. The molecule has 2 fully saturated rings. The fourth-order valence-electron chi connectivity index (χ4n) is 3.23. The van der Waals surface area contributed by atoms with Crippen molar-refractivity contribution in [2.45, 2.75) is 58.5 Å². The summed E-state index contributed by atoms with van der Waals surface area (Å²) in [5, 5.41) is 9.75. The first-order valence-corrected chi connectivity index (χ1v) is 7.20. The molecule has 0 amide bonds. The van der Waals surface area contributed by atoms with Gasteiger partial charge in [-0.1, -0.05) is 27.7 Å². The van der Waals surface area contributed by atoms with Crippen molar-refractivity contribution in [1.29, 1.82) is 0 Å². The molecule has 0 aromatic heterocycles. The molecule has 0 aliphatic carbocycles. The fraction of sp³-hybridized carbons (Fsp3) is 1.00. The third kappa shape index (κ3) is 2.57. The lowest BCUT2D eigenvalue weighted by atomic mass is 10.00. The van der Waals surface area contributed by atoms with Crippen molar-refractivity contribution in [2.75, 3.05) is 19.8 Å². The molecule has 106 valence electrons. The highest BCUT2D eigenvalue weighted by Gasteiger charge is 2.59. The maximum atomic E-state index is 9.75. The second kappa shape index (κ2) is 5.45. The zero-order chi connectivity index (χ0) is 13.3. The molecule has 0 bridgehead atoms. The monoisotopic (exact) mass is 258 g/mol. The molecule has 2 rings (SSSR count). The summed E-state index contributed by atoms with van der Waals surface area (Å²) in [6.45, 7) is 10.3. The highest BCUT2D eigenvalue weighted by molar-refractivity contribution is 4.87. The molecular weight excluding hydrogens is 230 g/mol. The Morgan fingerprint density at radius 1 is 1.06 bits per heavy atom. The first-order valence-electron chi connectivity index (χ1n) is 7.20. The zero-order valence-corrected chi connectivity index (χ0v) is 12.1. The van der Waals surface area contributed by atoms with Gasteiger partial charge in [0.1, 0.15) is 19.8 Å². The molecule has 2 atom stereocenters. The van der Waals surface area contributed by atoms with E-state index in [0.717, 1.165) is 12.8 Å². The van der Waals surface area contributed by atoms with E-state index in [4.69, 9.17) is 9.47 Å². The predicted octanol–water partition coefficient (Wildman–Crippen LogP) is 0.407.